The molecule has 1 heterocycles. The van der Waals surface area contributed by atoms with Gasteiger partial charge in [0, 0.05) is 0 Å². The minimum Gasteiger partial charge on any atom is -0.490 e. The van der Waals surface area contributed by atoms with E-state index in [1.165, 1.54) is 139 Å². The molecule has 0 amide bonds. The number of benzene rings is 1. The van der Waals surface area contributed by atoms with Gasteiger partial charge in [0.2, 0.25) is 0 Å². The Labute approximate surface area is 233 Å². The molecular weight excluding hydrogens is 472 g/mol. The highest BCUT2D eigenvalue weighted by Gasteiger charge is 2.09. The standard InChI is InChI=1S/C34H58O2S/c1-3-5-7-9-11-13-15-17-19-21-23-25-35-33-27-31-29-37-30-32(31)28-34(33)36-26-24-22-20-18-16-14-12-10-8-6-4-2/h27-30H,3-26H2,1-2H3. The fraction of sp³-hybridized carbons (Fsp3) is 0.765. The first-order valence-corrected chi connectivity index (χ1v) is 17.0. The van der Waals surface area contributed by atoms with Gasteiger partial charge in [0.05, 0.1) is 13.2 Å². The Morgan fingerprint density at radius 2 is 0.730 bits per heavy atom. The second-order valence-electron chi connectivity index (χ2n) is 11.1. The summed E-state index contributed by atoms with van der Waals surface area (Å²) in [4.78, 5) is 0. The van der Waals surface area contributed by atoms with Crippen molar-refractivity contribution in [3.8, 4) is 11.5 Å². The van der Waals surface area contributed by atoms with Gasteiger partial charge in [-0.3, -0.25) is 0 Å². The minimum atomic E-state index is 0.793. The van der Waals surface area contributed by atoms with Crippen LogP contribution in [-0.2, 0) is 0 Å². The number of fused-ring (bicyclic) bond motifs is 1. The highest BCUT2D eigenvalue weighted by molar-refractivity contribution is 7.09. The summed E-state index contributed by atoms with van der Waals surface area (Å²) >= 11 is 1.75. The lowest BCUT2D eigenvalue weighted by molar-refractivity contribution is 0.259. The molecular formula is C34H58O2S. The van der Waals surface area contributed by atoms with Crippen LogP contribution in [0, 0.1) is 0 Å². The van der Waals surface area contributed by atoms with Gasteiger partial charge >= 0.3 is 0 Å². The molecule has 0 bridgehead atoms. The molecule has 0 aliphatic heterocycles. The molecule has 0 fully saturated rings. The SMILES string of the molecule is CCCCCCCCCCCCCOc1cc2cscc2cc1OCCCCCCCCCCCCC. The van der Waals surface area contributed by atoms with E-state index in [4.69, 9.17) is 9.47 Å². The fourth-order valence-corrected chi connectivity index (χ4v) is 5.87. The van der Waals surface area contributed by atoms with Crippen LogP contribution >= 0.6 is 11.3 Å². The quantitative estimate of drug-likeness (QED) is 0.113. The fourth-order valence-electron chi connectivity index (χ4n) is 5.10. The van der Waals surface area contributed by atoms with Gasteiger partial charge in [0.15, 0.2) is 11.5 Å². The lowest BCUT2D eigenvalue weighted by Gasteiger charge is -2.13. The van der Waals surface area contributed by atoms with Crippen LogP contribution in [-0.4, -0.2) is 13.2 Å². The molecule has 0 unspecified atom stereocenters. The van der Waals surface area contributed by atoms with Crippen LogP contribution in [0.15, 0.2) is 22.9 Å². The zero-order valence-electron chi connectivity index (χ0n) is 24.5. The van der Waals surface area contributed by atoms with Crippen molar-refractivity contribution in [2.24, 2.45) is 0 Å². The molecule has 0 atom stereocenters. The van der Waals surface area contributed by atoms with Crippen LogP contribution in [0.4, 0.5) is 0 Å². The Bertz CT molecular complexity index is 706. The van der Waals surface area contributed by atoms with Crippen LogP contribution in [0.3, 0.4) is 0 Å². The number of hydrogen-bond donors (Lipinski definition) is 0. The van der Waals surface area contributed by atoms with Gasteiger partial charge in [0.1, 0.15) is 0 Å². The maximum Gasteiger partial charge on any atom is 0.161 e. The maximum atomic E-state index is 6.23. The average Bonchev–Trinajstić information content (AvgIpc) is 3.37. The number of thiophene rings is 1. The van der Waals surface area contributed by atoms with Crippen molar-refractivity contribution in [2.45, 2.75) is 155 Å². The number of ether oxygens (including phenoxy) is 2. The first kappa shape index (κ1) is 32.0. The average molecular weight is 531 g/mol. The highest BCUT2D eigenvalue weighted by Crippen LogP contribution is 2.34. The molecule has 2 rings (SSSR count). The third-order valence-corrected chi connectivity index (χ3v) is 8.33. The van der Waals surface area contributed by atoms with E-state index in [0.717, 1.165) is 37.6 Å². The molecule has 37 heavy (non-hydrogen) atoms. The van der Waals surface area contributed by atoms with Crippen LogP contribution in [0.25, 0.3) is 10.8 Å². The Morgan fingerprint density at radius 3 is 1.05 bits per heavy atom. The van der Waals surface area contributed by atoms with Crippen molar-refractivity contribution in [1.29, 1.82) is 0 Å². The molecule has 1 aromatic carbocycles. The smallest absolute Gasteiger partial charge is 0.161 e. The Kier molecular flexibility index (Phi) is 19.7. The molecule has 0 aliphatic rings. The van der Waals surface area contributed by atoms with Crippen molar-refractivity contribution in [1.82, 2.24) is 0 Å². The molecule has 3 heteroatoms. The van der Waals surface area contributed by atoms with Crippen LogP contribution < -0.4 is 9.47 Å². The van der Waals surface area contributed by atoms with Crippen molar-refractivity contribution in [3.63, 3.8) is 0 Å². The summed E-state index contributed by atoms with van der Waals surface area (Å²) in [6.07, 6.45) is 29.9. The lowest BCUT2D eigenvalue weighted by Crippen LogP contribution is -2.03. The minimum absolute atomic E-state index is 0.793. The molecule has 0 saturated heterocycles. The molecule has 2 nitrogen and oxygen atoms in total. The zero-order valence-corrected chi connectivity index (χ0v) is 25.3. The van der Waals surface area contributed by atoms with Gasteiger partial charge in [-0.2, -0.15) is 11.3 Å². The van der Waals surface area contributed by atoms with E-state index in [1.54, 1.807) is 11.3 Å². The Morgan fingerprint density at radius 1 is 0.432 bits per heavy atom. The topological polar surface area (TPSA) is 18.5 Å². The second-order valence-corrected chi connectivity index (χ2v) is 11.8. The molecule has 0 aliphatic carbocycles. The second kappa shape index (κ2) is 22.7. The molecule has 212 valence electrons. The Balaban J connectivity index is 1.55. The summed E-state index contributed by atoms with van der Waals surface area (Å²) in [6.45, 7) is 6.17. The molecule has 2 aromatic rings. The summed E-state index contributed by atoms with van der Waals surface area (Å²) in [5, 5.41) is 6.94. The Hall–Kier alpha value is -1.22. The number of unbranched alkanes of at least 4 members (excludes halogenated alkanes) is 20. The van der Waals surface area contributed by atoms with E-state index < -0.39 is 0 Å². The lowest BCUT2D eigenvalue weighted by atomic mass is 10.1. The van der Waals surface area contributed by atoms with E-state index in [9.17, 15) is 0 Å². The molecule has 0 saturated carbocycles. The van der Waals surface area contributed by atoms with E-state index in [1.807, 2.05) is 0 Å². The van der Waals surface area contributed by atoms with Gasteiger partial charge < -0.3 is 9.47 Å². The maximum absolute atomic E-state index is 6.23. The van der Waals surface area contributed by atoms with Crippen molar-refractivity contribution >= 4 is 22.1 Å². The highest BCUT2D eigenvalue weighted by atomic mass is 32.1. The predicted molar refractivity (Wildman–Crippen MR) is 166 cm³/mol. The zero-order chi connectivity index (χ0) is 26.2. The van der Waals surface area contributed by atoms with Crippen LogP contribution in [0.2, 0.25) is 0 Å². The summed E-state index contributed by atoms with van der Waals surface area (Å²) in [5.41, 5.74) is 0. The normalized spacial score (nSPS) is 11.4. The first-order chi connectivity index (χ1) is 18.3. The van der Waals surface area contributed by atoms with Crippen molar-refractivity contribution in [3.05, 3.63) is 22.9 Å². The monoisotopic (exact) mass is 530 g/mol. The number of rotatable bonds is 26. The number of hydrogen-bond acceptors (Lipinski definition) is 3. The summed E-state index contributed by atoms with van der Waals surface area (Å²) in [6, 6.07) is 4.36. The largest absolute Gasteiger partial charge is 0.490 e. The van der Waals surface area contributed by atoms with E-state index in [0.29, 0.717) is 0 Å². The van der Waals surface area contributed by atoms with Crippen molar-refractivity contribution in [2.75, 3.05) is 13.2 Å². The van der Waals surface area contributed by atoms with E-state index in [2.05, 4.69) is 36.7 Å². The summed E-state index contributed by atoms with van der Waals surface area (Å²) in [5.74, 6) is 1.86. The van der Waals surface area contributed by atoms with Gasteiger partial charge in [-0.25, -0.2) is 0 Å². The summed E-state index contributed by atoms with van der Waals surface area (Å²) in [7, 11) is 0. The van der Waals surface area contributed by atoms with Crippen molar-refractivity contribution < 1.29 is 9.47 Å². The predicted octanol–water partition coefficient (Wildman–Crippen LogP) is 12.3. The van der Waals surface area contributed by atoms with Gasteiger partial charge in [-0.15, -0.1) is 0 Å². The molecule has 0 spiro atoms. The van der Waals surface area contributed by atoms with E-state index in [-0.39, 0.29) is 0 Å². The molecule has 0 N–H and O–H groups in total. The van der Waals surface area contributed by atoms with Gasteiger partial charge in [0.25, 0.3) is 0 Å². The van der Waals surface area contributed by atoms with Crippen LogP contribution in [0.1, 0.15) is 155 Å². The summed E-state index contributed by atoms with van der Waals surface area (Å²) < 4.78 is 12.5. The van der Waals surface area contributed by atoms with Crippen LogP contribution in [0.5, 0.6) is 11.5 Å². The molecule has 1 aromatic heterocycles. The van der Waals surface area contributed by atoms with Gasteiger partial charge in [-0.05, 0) is 46.5 Å². The first-order valence-electron chi connectivity index (χ1n) is 16.1. The third-order valence-electron chi connectivity index (χ3n) is 7.55. The van der Waals surface area contributed by atoms with E-state index >= 15 is 0 Å². The van der Waals surface area contributed by atoms with Gasteiger partial charge in [-0.1, -0.05) is 142 Å². The molecule has 0 radical (unpaired) electrons. The third kappa shape index (κ3) is 15.7.